The van der Waals surface area contributed by atoms with Crippen LogP contribution in [0.4, 0.5) is 0 Å². The maximum Gasteiger partial charge on any atom is 0.225 e. The van der Waals surface area contributed by atoms with E-state index in [2.05, 4.69) is 0 Å². The molecule has 0 radical (unpaired) electrons. The van der Waals surface area contributed by atoms with Crippen LogP contribution < -0.4 is 0 Å². The highest BCUT2D eigenvalue weighted by molar-refractivity contribution is 5.78. The standard InChI is InChI=1S/C12H19NO3/c1-10(2)12(14)13(6-8-15-3)9-11-5-4-7-16-11/h4-5,7,10H,6,8-9H2,1-3H3. The second-order valence-corrected chi connectivity index (χ2v) is 3.99. The maximum absolute atomic E-state index is 11.9. The summed E-state index contributed by atoms with van der Waals surface area (Å²) < 4.78 is 10.2. The second kappa shape index (κ2) is 6.33. The molecule has 0 fully saturated rings. The number of nitrogens with zero attached hydrogens (tertiary/aromatic N) is 1. The van der Waals surface area contributed by atoms with Crippen molar-refractivity contribution in [3.05, 3.63) is 24.2 Å². The van der Waals surface area contributed by atoms with Gasteiger partial charge in [0, 0.05) is 19.6 Å². The molecule has 0 aliphatic carbocycles. The van der Waals surface area contributed by atoms with E-state index in [-0.39, 0.29) is 11.8 Å². The highest BCUT2D eigenvalue weighted by Gasteiger charge is 2.17. The fourth-order valence-electron chi connectivity index (χ4n) is 1.42. The lowest BCUT2D eigenvalue weighted by molar-refractivity contribution is -0.136. The summed E-state index contributed by atoms with van der Waals surface area (Å²) in [6, 6.07) is 3.69. The Balaban J connectivity index is 2.60. The molecular weight excluding hydrogens is 206 g/mol. The number of hydrogen-bond acceptors (Lipinski definition) is 3. The zero-order valence-electron chi connectivity index (χ0n) is 10.1. The quantitative estimate of drug-likeness (QED) is 0.742. The lowest BCUT2D eigenvalue weighted by atomic mass is 10.2. The van der Waals surface area contributed by atoms with Gasteiger partial charge < -0.3 is 14.1 Å². The van der Waals surface area contributed by atoms with Crippen LogP contribution in [0, 0.1) is 5.92 Å². The van der Waals surface area contributed by atoms with Gasteiger partial charge in [0.05, 0.1) is 19.4 Å². The first-order chi connectivity index (χ1) is 7.65. The van der Waals surface area contributed by atoms with Crippen molar-refractivity contribution in [2.24, 2.45) is 5.92 Å². The summed E-state index contributed by atoms with van der Waals surface area (Å²) in [6.45, 7) is 5.43. The Morgan fingerprint density at radius 2 is 2.31 bits per heavy atom. The number of furan rings is 1. The van der Waals surface area contributed by atoms with Crippen molar-refractivity contribution in [2.45, 2.75) is 20.4 Å². The molecule has 4 nitrogen and oxygen atoms in total. The Bertz CT molecular complexity index is 306. The smallest absolute Gasteiger partial charge is 0.225 e. The van der Waals surface area contributed by atoms with Gasteiger partial charge >= 0.3 is 0 Å². The van der Waals surface area contributed by atoms with Gasteiger partial charge in [0.1, 0.15) is 5.76 Å². The third kappa shape index (κ3) is 3.70. The van der Waals surface area contributed by atoms with Crippen molar-refractivity contribution >= 4 is 5.91 Å². The van der Waals surface area contributed by atoms with Gasteiger partial charge in [0.25, 0.3) is 0 Å². The van der Waals surface area contributed by atoms with E-state index in [1.165, 1.54) is 0 Å². The Morgan fingerprint density at radius 1 is 1.56 bits per heavy atom. The molecule has 4 heteroatoms. The van der Waals surface area contributed by atoms with Crippen molar-refractivity contribution < 1.29 is 13.9 Å². The topological polar surface area (TPSA) is 42.7 Å². The molecule has 1 amide bonds. The molecule has 16 heavy (non-hydrogen) atoms. The van der Waals surface area contributed by atoms with Crippen LogP contribution >= 0.6 is 0 Å². The van der Waals surface area contributed by atoms with Crippen molar-refractivity contribution in [1.82, 2.24) is 4.90 Å². The Hall–Kier alpha value is -1.29. The number of amides is 1. The molecule has 0 atom stereocenters. The molecule has 0 N–H and O–H groups in total. The van der Waals surface area contributed by atoms with E-state index >= 15 is 0 Å². The average molecular weight is 225 g/mol. The molecule has 90 valence electrons. The first kappa shape index (κ1) is 12.8. The van der Waals surface area contributed by atoms with Gasteiger partial charge in [-0.05, 0) is 12.1 Å². The van der Waals surface area contributed by atoms with Gasteiger partial charge in [-0.2, -0.15) is 0 Å². The van der Waals surface area contributed by atoms with Gasteiger partial charge in [-0.25, -0.2) is 0 Å². The van der Waals surface area contributed by atoms with E-state index < -0.39 is 0 Å². The van der Waals surface area contributed by atoms with E-state index in [4.69, 9.17) is 9.15 Å². The molecule has 0 aromatic carbocycles. The highest BCUT2D eigenvalue weighted by atomic mass is 16.5. The Labute approximate surface area is 96.2 Å². The maximum atomic E-state index is 11.9. The normalized spacial score (nSPS) is 10.8. The minimum Gasteiger partial charge on any atom is -0.467 e. The van der Waals surface area contributed by atoms with Gasteiger partial charge in [-0.3, -0.25) is 4.79 Å². The average Bonchev–Trinajstić information content (AvgIpc) is 2.75. The van der Waals surface area contributed by atoms with Crippen LogP contribution in [0.15, 0.2) is 22.8 Å². The van der Waals surface area contributed by atoms with Gasteiger partial charge in [0.2, 0.25) is 5.91 Å². The summed E-state index contributed by atoms with van der Waals surface area (Å²) in [7, 11) is 1.63. The predicted octanol–water partition coefficient (Wildman–Crippen LogP) is 1.91. The van der Waals surface area contributed by atoms with Crippen LogP contribution in [0.3, 0.4) is 0 Å². The molecule has 0 aliphatic heterocycles. The van der Waals surface area contributed by atoms with Crippen LogP contribution in [-0.2, 0) is 16.1 Å². The van der Waals surface area contributed by atoms with Crippen LogP contribution in [0.5, 0.6) is 0 Å². The first-order valence-corrected chi connectivity index (χ1v) is 5.45. The number of ether oxygens (including phenoxy) is 1. The van der Waals surface area contributed by atoms with Crippen molar-refractivity contribution in [3.8, 4) is 0 Å². The van der Waals surface area contributed by atoms with Crippen molar-refractivity contribution in [3.63, 3.8) is 0 Å². The summed E-state index contributed by atoms with van der Waals surface area (Å²) in [6.07, 6.45) is 1.61. The molecule has 0 unspecified atom stereocenters. The summed E-state index contributed by atoms with van der Waals surface area (Å²) >= 11 is 0. The Morgan fingerprint density at radius 3 is 2.81 bits per heavy atom. The van der Waals surface area contributed by atoms with Gasteiger partial charge in [0.15, 0.2) is 0 Å². The molecule has 0 saturated heterocycles. The summed E-state index contributed by atoms with van der Waals surface area (Å²) in [5.41, 5.74) is 0. The molecule has 0 spiro atoms. The van der Waals surface area contributed by atoms with Crippen molar-refractivity contribution in [2.75, 3.05) is 20.3 Å². The third-order valence-electron chi connectivity index (χ3n) is 2.30. The molecule has 1 aromatic heterocycles. The van der Waals surface area contributed by atoms with Crippen LogP contribution in [0.25, 0.3) is 0 Å². The summed E-state index contributed by atoms with van der Waals surface area (Å²) in [4.78, 5) is 13.7. The zero-order chi connectivity index (χ0) is 12.0. The van der Waals surface area contributed by atoms with E-state index in [1.54, 1.807) is 18.3 Å². The largest absolute Gasteiger partial charge is 0.467 e. The monoisotopic (exact) mass is 225 g/mol. The van der Waals surface area contributed by atoms with E-state index in [9.17, 15) is 4.79 Å². The third-order valence-corrected chi connectivity index (χ3v) is 2.30. The number of methoxy groups -OCH3 is 1. The highest BCUT2D eigenvalue weighted by Crippen LogP contribution is 2.09. The number of rotatable bonds is 6. The fourth-order valence-corrected chi connectivity index (χ4v) is 1.42. The summed E-state index contributed by atoms with van der Waals surface area (Å²) in [5, 5.41) is 0. The molecule has 1 heterocycles. The second-order valence-electron chi connectivity index (χ2n) is 3.99. The van der Waals surface area contributed by atoms with Crippen LogP contribution in [-0.4, -0.2) is 31.1 Å². The molecule has 1 rings (SSSR count). The number of hydrogen-bond donors (Lipinski definition) is 0. The van der Waals surface area contributed by atoms with E-state index in [0.29, 0.717) is 19.7 Å². The van der Waals surface area contributed by atoms with E-state index in [1.807, 2.05) is 26.0 Å². The predicted molar refractivity (Wildman–Crippen MR) is 60.8 cm³/mol. The lowest BCUT2D eigenvalue weighted by Gasteiger charge is -2.23. The summed E-state index contributed by atoms with van der Waals surface area (Å²) in [5.74, 6) is 0.908. The number of carbonyl (C=O) groups excluding carboxylic acids is 1. The molecular formula is C12H19NO3. The van der Waals surface area contributed by atoms with Crippen LogP contribution in [0.2, 0.25) is 0 Å². The van der Waals surface area contributed by atoms with Crippen LogP contribution in [0.1, 0.15) is 19.6 Å². The van der Waals surface area contributed by atoms with E-state index in [0.717, 1.165) is 5.76 Å². The minimum atomic E-state index is -0.00758. The fraction of sp³-hybridized carbons (Fsp3) is 0.583. The molecule has 0 bridgehead atoms. The molecule has 1 aromatic rings. The molecule has 0 aliphatic rings. The number of carbonyl (C=O) groups is 1. The van der Waals surface area contributed by atoms with Gasteiger partial charge in [-0.15, -0.1) is 0 Å². The zero-order valence-corrected chi connectivity index (χ0v) is 10.1. The SMILES string of the molecule is COCCN(Cc1ccco1)C(=O)C(C)C. The first-order valence-electron chi connectivity index (χ1n) is 5.45. The molecule has 0 saturated carbocycles. The minimum absolute atomic E-state index is 0.00758. The Kier molecular flexibility index (Phi) is 5.05. The van der Waals surface area contributed by atoms with Crippen molar-refractivity contribution in [1.29, 1.82) is 0 Å². The lowest BCUT2D eigenvalue weighted by Crippen LogP contribution is -2.36. The van der Waals surface area contributed by atoms with Gasteiger partial charge in [-0.1, -0.05) is 13.8 Å².